The van der Waals surface area contributed by atoms with E-state index in [9.17, 15) is 14.7 Å². The monoisotopic (exact) mass is 831 g/mol. The van der Waals surface area contributed by atoms with Gasteiger partial charge in [-0.3, -0.25) is 24.2 Å². The molecule has 5 aliphatic heterocycles. The predicted octanol–water partition coefficient (Wildman–Crippen LogP) is 5.15. The number of methoxy groups -OCH3 is 2. The van der Waals surface area contributed by atoms with Gasteiger partial charge in [-0.1, -0.05) is 55.8 Å². The van der Waals surface area contributed by atoms with Crippen LogP contribution in [0.4, 0.5) is 5.69 Å². The highest BCUT2D eigenvalue weighted by Gasteiger charge is 2.78. The molecule has 3 fully saturated rings. The van der Waals surface area contributed by atoms with E-state index in [0.717, 1.165) is 97.4 Å². The summed E-state index contributed by atoms with van der Waals surface area (Å²) in [6.07, 6.45) is 10.9. The number of likely N-dealkylation sites (N-methyl/N-ethyl adjacent to an activating group) is 1. The van der Waals surface area contributed by atoms with Crippen molar-refractivity contribution in [3.63, 3.8) is 0 Å². The summed E-state index contributed by atoms with van der Waals surface area (Å²) < 4.78 is 18.9. The van der Waals surface area contributed by atoms with Crippen LogP contribution in [0.1, 0.15) is 81.7 Å². The fourth-order valence-corrected chi connectivity index (χ4v) is 13.7. The molecule has 1 unspecified atom stereocenters. The lowest BCUT2D eigenvalue weighted by atomic mass is 9.47. The second kappa shape index (κ2) is 14.5. The molecule has 9 atom stereocenters. The first-order chi connectivity index (χ1) is 29.4. The number of hydrogen-bond donors (Lipinski definition) is 3. The first kappa shape index (κ1) is 40.4. The number of rotatable bonds is 9. The molecule has 2 aromatic carbocycles. The summed E-state index contributed by atoms with van der Waals surface area (Å²) in [5.41, 5.74) is 2.43. The van der Waals surface area contributed by atoms with Crippen molar-refractivity contribution in [1.29, 1.82) is 0 Å². The highest BCUT2D eigenvalue weighted by molar-refractivity contribution is 5.94. The molecule has 10 rings (SSSR count). The minimum atomic E-state index is -1.71. The van der Waals surface area contributed by atoms with Crippen LogP contribution in [0.5, 0.6) is 5.75 Å². The number of anilines is 1. The van der Waals surface area contributed by atoms with Gasteiger partial charge in [0.05, 0.1) is 26.8 Å². The fraction of sp³-hybridized carbons (Fsp3) is 0.571. The van der Waals surface area contributed by atoms with E-state index in [0.29, 0.717) is 25.0 Å². The van der Waals surface area contributed by atoms with Gasteiger partial charge in [-0.2, -0.15) is 0 Å². The summed E-state index contributed by atoms with van der Waals surface area (Å²) in [7, 11) is 5.17. The van der Waals surface area contributed by atoms with E-state index in [1.807, 2.05) is 13.1 Å². The SMILES string of the molecule is CCC1=C[C@H]2CN(CCc3c([nH]c4ccccc34)[C@@](C(=O)OC)(c3cc4c(cc3OC)N(C)[C@H]3[C@@](O)(CNC(=O)C5CC5)[C@H](OC(C)=O)[C@]5(CC)C=CCN6CC[C@]43[C@@H]65)C2)C1. The number of hydrogen-bond acceptors (Lipinski definition) is 10. The molecular weight excluding hydrogens is 771 g/mol. The minimum Gasteiger partial charge on any atom is -0.496 e. The summed E-state index contributed by atoms with van der Waals surface area (Å²) in [5.74, 6) is -0.368. The normalized spacial score (nSPS) is 34.8. The number of H-pyrrole nitrogens is 1. The number of aromatic amines is 1. The molecule has 2 aliphatic carbocycles. The number of nitrogens with zero attached hydrogens (tertiary/aromatic N) is 3. The Bertz CT molecular complexity index is 2370. The predicted molar refractivity (Wildman–Crippen MR) is 233 cm³/mol. The van der Waals surface area contributed by atoms with Crippen LogP contribution in [-0.2, 0) is 41.1 Å². The lowest BCUT2D eigenvalue weighted by Crippen LogP contribution is -2.81. The van der Waals surface area contributed by atoms with Crippen LogP contribution in [-0.4, -0.2) is 122 Å². The van der Waals surface area contributed by atoms with Crippen LogP contribution in [0.2, 0.25) is 0 Å². The van der Waals surface area contributed by atoms with E-state index in [4.69, 9.17) is 14.2 Å². The molecule has 12 heteroatoms. The Morgan fingerprint density at radius 3 is 2.57 bits per heavy atom. The van der Waals surface area contributed by atoms with Crippen molar-refractivity contribution in [1.82, 2.24) is 20.1 Å². The average molecular weight is 832 g/mol. The van der Waals surface area contributed by atoms with E-state index in [1.165, 1.54) is 19.6 Å². The van der Waals surface area contributed by atoms with Gasteiger partial charge in [-0.05, 0) is 80.7 Å². The minimum absolute atomic E-state index is 0.0456. The molecule has 1 amide bonds. The molecule has 1 saturated heterocycles. The number of fused-ring (bicyclic) bond motifs is 6. The third kappa shape index (κ3) is 5.63. The van der Waals surface area contributed by atoms with Crippen molar-refractivity contribution >= 4 is 34.4 Å². The smallest absolute Gasteiger partial charge is 0.322 e. The van der Waals surface area contributed by atoms with Gasteiger partial charge in [0.15, 0.2) is 0 Å². The zero-order valence-corrected chi connectivity index (χ0v) is 36.5. The van der Waals surface area contributed by atoms with Crippen molar-refractivity contribution in [2.45, 2.75) is 100 Å². The maximum atomic E-state index is 15.4. The van der Waals surface area contributed by atoms with Crippen LogP contribution in [0.3, 0.4) is 0 Å². The number of carbonyl (C=O) groups is 3. The Hall–Kier alpha value is -4.65. The Labute approximate surface area is 358 Å². The molecule has 2 saturated carbocycles. The van der Waals surface area contributed by atoms with Crippen molar-refractivity contribution in [2.24, 2.45) is 17.3 Å². The molecule has 3 N–H and O–H groups in total. The van der Waals surface area contributed by atoms with Crippen LogP contribution < -0.4 is 15.0 Å². The molecule has 1 aromatic heterocycles. The second-order valence-corrected chi connectivity index (χ2v) is 19.2. The molecule has 324 valence electrons. The molecule has 0 radical (unpaired) electrons. The molecule has 2 bridgehead atoms. The fourth-order valence-electron chi connectivity index (χ4n) is 13.7. The largest absolute Gasteiger partial charge is 0.496 e. The summed E-state index contributed by atoms with van der Waals surface area (Å²) in [6, 6.07) is 11.8. The number of aliphatic hydroxyl groups is 1. The van der Waals surface area contributed by atoms with Crippen molar-refractivity contribution in [2.75, 3.05) is 65.4 Å². The van der Waals surface area contributed by atoms with Gasteiger partial charge in [-0.15, -0.1) is 0 Å². The van der Waals surface area contributed by atoms with Gasteiger partial charge >= 0.3 is 11.9 Å². The number of ether oxygens (including phenoxy) is 3. The Kier molecular flexibility index (Phi) is 9.58. The molecule has 6 heterocycles. The van der Waals surface area contributed by atoms with Crippen LogP contribution >= 0.6 is 0 Å². The lowest BCUT2D eigenvalue weighted by Gasteiger charge is -2.64. The number of nitrogens with one attached hydrogen (secondary N) is 2. The van der Waals surface area contributed by atoms with E-state index in [1.54, 1.807) is 7.11 Å². The first-order valence-corrected chi connectivity index (χ1v) is 22.5. The van der Waals surface area contributed by atoms with Crippen LogP contribution in [0, 0.1) is 17.3 Å². The average Bonchev–Trinajstić information content (AvgIpc) is 3.88. The first-order valence-electron chi connectivity index (χ1n) is 22.5. The molecular formula is C49H61N5O7. The number of esters is 2. The molecule has 7 aliphatic rings. The summed E-state index contributed by atoms with van der Waals surface area (Å²) in [5, 5.41) is 18.0. The van der Waals surface area contributed by atoms with Gasteiger partial charge < -0.3 is 34.5 Å². The van der Waals surface area contributed by atoms with Gasteiger partial charge in [0, 0.05) is 96.9 Å². The zero-order chi connectivity index (χ0) is 42.6. The summed E-state index contributed by atoms with van der Waals surface area (Å²) in [6.45, 7) is 9.74. The molecule has 12 nitrogen and oxygen atoms in total. The van der Waals surface area contributed by atoms with Gasteiger partial charge in [-0.25, -0.2) is 0 Å². The highest BCUT2D eigenvalue weighted by atomic mass is 16.6. The highest BCUT2D eigenvalue weighted by Crippen LogP contribution is 2.68. The zero-order valence-electron chi connectivity index (χ0n) is 36.5. The van der Waals surface area contributed by atoms with E-state index < -0.39 is 40.0 Å². The third-order valence-corrected chi connectivity index (χ3v) is 16.1. The number of aromatic nitrogens is 1. The summed E-state index contributed by atoms with van der Waals surface area (Å²) >= 11 is 0. The van der Waals surface area contributed by atoms with Crippen molar-refractivity contribution < 1.29 is 33.7 Å². The molecule has 61 heavy (non-hydrogen) atoms. The van der Waals surface area contributed by atoms with E-state index >= 15 is 4.79 Å². The quantitative estimate of drug-likeness (QED) is 0.196. The Balaban J connectivity index is 1.25. The Morgan fingerprint density at radius 2 is 1.85 bits per heavy atom. The number of benzene rings is 2. The van der Waals surface area contributed by atoms with Gasteiger partial charge in [0.2, 0.25) is 5.91 Å². The van der Waals surface area contributed by atoms with Crippen molar-refractivity contribution in [3.8, 4) is 5.75 Å². The van der Waals surface area contributed by atoms with E-state index in [2.05, 4.69) is 87.4 Å². The van der Waals surface area contributed by atoms with Crippen molar-refractivity contribution in [3.05, 3.63) is 82.6 Å². The van der Waals surface area contributed by atoms with E-state index in [-0.39, 0.29) is 36.3 Å². The standard InChI is InChI=1S/C49H61N5O7/c1-7-30-22-31-25-48(45(57)60-6,40-34(16-20-53(26-30)27-31)33-12-9-10-13-37(33)51-40)36-23-35-38(24-39(36)59-5)52(4)43-47(35)18-21-54-19-11-17-46(8-2,42(47)54)44(61-29(3)55)49(43,58)28-50-41(56)32-14-15-32/h9-13,17,22-24,31-32,42-44,51,58H,7-8,14-16,18-21,25-28H2,1-6H3,(H,50,56)/t31-,42+,43-,44-,46-,47-,48+,49+/m1/s1. The Morgan fingerprint density at radius 1 is 1.05 bits per heavy atom. The lowest BCUT2D eigenvalue weighted by molar-refractivity contribution is -0.217. The second-order valence-electron chi connectivity index (χ2n) is 19.2. The number of para-hydroxylation sites is 1. The molecule has 3 aromatic rings. The number of amides is 1. The summed E-state index contributed by atoms with van der Waals surface area (Å²) in [4.78, 5) is 53.1. The third-order valence-electron chi connectivity index (χ3n) is 16.1. The maximum absolute atomic E-state index is 15.4. The van der Waals surface area contributed by atoms with Crippen LogP contribution in [0.15, 0.2) is 60.2 Å². The van der Waals surface area contributed by atoms with Crippen LogP contribution in [0.25, 0.3) is 10.9 Å². The maximum Gasteiger partial charge on any atom is 0.322 e. The topological polar surface area (TPSA) is 137 Å². The van der Waals surface area contributed by atoms with Gasteiger partial charge in [0.1, 0.15) is 22.9 Å². The molecule has 1 spiro atoms. The number of carbonyl (C=O) groups excluding carboxylic acids is 3. The van der Waals surface area contributed by atoms with Gasteiger partial charge in [0.25, 0.3) is 0 Å².